The number of amidine groups is 1. The van der Waals surface area contributed by atoms with E-state index in [0.29, 0.717) is 24.5 Å². The van der Waals surface area contributed by atoms with Crippen molar-refractivity contribution in [3.63, 3.8) is 0 Å². The van der Waals surface area contributed by atoms with E-state index in [9.17, 15) is 13.2 Å². The van der Waals surface area contributed by atoms with Gasteiger partial charge in [0, 0.05) is 18.7 Å². The summed E-state index contributed by atoms with van der Waals surface area (Å²) in [6, 6.07) is 14.4. The highest BCUT2D eigenvalue weighted by Gasteiger charge is 2.26. The van der Waals surface area contributed by atoms with E-state index in [1.165, 1.54) is 17.7 Å². The number of nitrogens with zero attached hydrogens (tertiary/aromatic N) is 1. The van der Waals surface area contributed by atoms with Gasteiger partial charge in [-0.25, -0.2) is 8.42 Å². The first kappa shape index (κ1) is 18.7. The topological polar surface area (TPSA) is 87.6 Å². The van der Waals surface area contributed by atoms with Crippen molar-refractivity contribution in [2.45, 2.75) is 42.9 Å². The van der Waals surface area contributed by atoms with E-state index in [2.05, 4.69) is 21.1 Å². The fourth-order valence-corrected chi connectivity index (χ4v) is 4.97. The van der Waals surface area contributed by atoms with Crippen LogP contribution in [0.25, 0.3) is 0 Å². The second-order valence-corrected chi connectivity index (χ2v) is 8.88. The highest BCUT2D eigenvalue weighted by atomic mass is 32.2. The molecule has 1 aliphatic carbocycles. The number of anilines is 1. The second-order valence-electron chi connectivity index (χ2n) is 7.20. The Bertz CT molecular complexity index is 1030. The molecule has 0 bridgehead atoms. The zero-order chi connectivity index (χ0) is 19.6. The van der Waals surface area contributed by atoms with Crippen molar-refractivity contribution in [2.75, 3.05) is 11.9 Å². The number of aryl methyl sites for hydroxylation is 1. The minimum Gasteiger partial charge on any atom is -0.326 e. The average molecular weight is 398 g/mol. The Hall–Kier alpha value is -2.67. The van der Waals surface area contributed by atoms with Gasteiger partial charge < -0.3 is 5.32 Å². The Morgan fingerprint density at radius 3 is 2.71 bits per heavy atom. The van der Waals surface area contributed by atoms with Gasteiger partial charge in [-0.1, -0.05) is 30.3 Å². The summed E-state index contributed by atoms with van der Waals surface area (Å²) in [5, 5.41) is 2.90. The molecule has 1 unspecified atom stereocenters. The number of carbonyl (C=O) groups excluding carboxylic acids is 1. The molecule has 146 valence electrons. The summed E-state index contributed by atoms with van der Waals surface area (Å²) in [4.78, 5) is 17.1. The van der Waals surface area contributed by atoms with Gasteiger partial charge in [-0.15, -0.1) is 0 Å². The molecule has 1 heterocycles. The third kappa shape index (κ3) is 3.94. The molecule has 1 atom stereocenters. The monoisotopic (exact) mass is 397 g/mol. The molecule has 0 saturated carbocycles. The molecule has 0 radical (unpaired) electrons. The minimum absolute atomic E-state index is 0.102. The van der Waals surface area contributed by atoms with Crippen LogP contribution in [0.1, 0.15) is 42.7 Å². The third-order valence-corrected chi connectivity index (χ3v) is 6.60. The molecule has 1 amide bonds. The van der Waals surface area contributed by atoms with Crippen molar-refractivity contribution in [1.29, 1.82) is 0 Å². The third-order valence-electron chi connectivity index (χ3n) is 5.22. The molecule has 2 aliphatic rings. The molecule has 2 aromatic carbocycles. The molecule has 7 heteroatoms. The normalized spacial score (nSPS) is 18.9. The first-order valence-electron chi connectivity index (χ1n) is 9.58. The fourth-order valence-electron chi connectivity index (χ4n) is 3.83. The lowest BCUT2D eigenvalue weighted by Gasteiger charge is -2.24. The number of rotatable bonds is 4. The van der Waals surface area contributed by atoms with Crippen molar-refractivity contribution in [3.8, 4) is 0 Å². The van der Waals surface area contributed by atoms with Crippen LogP contribution in [0.3, 0.4) is 0 Å². The average Bonchev–Trinajstić information content (AvgIpc) is 3.20. The van der Waals surface area contributed by atoms with E-state index in [0.717, 1.165) is 31.2 Å². The quantitative estimate of drug-likeness (QED) is 0.830. The number of amides is 1. The van der Waals surface area contributed by atoms with Crippen LogP contribution >= 0.6 is 0 Å². The summed E-state index contributed by atoms with van der Waals surface area (Å²) < 4.78 is 27.7. The largest absolute Gasteiger partial charge is 0.326 e. The number of nitrogens with one attached hydrogen (secondary N) is 2. The van der Waals surface area contributed by atoms with Gasteiger partial charge in [-0.05, 0) is 55.0 Å². The van der Waals surface area contributed by atoms with Crippen LogP contribution in [0.15, 0.2) is 58.4 Å². The van der Waals surface area contributed by atoms with Crippen molar-refractivity contribution in [1.82, 2.24) is 4.72 Å². The van der Waals surface area contributed by atoms with Crippen LogP contribution < -0.4 is 10.0 Å². The van der Waals surface area contributed by atoms with Crippen LogP contribution in [0.4, 0.5) is 5.69 Å². The molecule has 0 saturated heterocycles. The smallest absolute Gasteiger partial charge is 0.262 e. The van der Waals surface area contributed by atoms with Gasteiger partial charge in [0.2, 0.25) is 5.91 Å². The van der Waals surface area contributed by atoms with E-state index in [4.69, 9.17) is 0 Å². The maximum atomic E-state index is 12.9. The molecule has 2 N–H and O–H groups in total. The Balaban J connectivity index is 1.52. The van der Waals surface area contributed by atoms with Gasteiger partial charge in [0.25, 0.3) is 10.0 Å². The molecule has 4 rings (SSSR count). The Morgan fingerprint density at radius 1 is 1.04 bits per heavy atom. The van der Waals surface area contributed by atoms with Gasteiger partial charge >= 0.3 is 0 Å². The molecule has 0 spiro atoms. The molecule has 0 aromatic heterocycles. The Labute approximate surface area is 165 Å². The van der Waals surface area contributed by atoms with Crippen LogP contribution in [-0.4, -0.2) is 26.7 Å². The zero-order valence-electron chi connectivity index (χ0n) is 15.5. The Morgan fingerprint density at radius 2 is 1.89 bits per heavy atom. The van der Waals surface area contributed by atoms with E-state index in [-0.39, 0.29) is 16.7 Å². The Kier molecular flexibility index (Phi) is 5.17. The first-order chi connectivity index (χ1) is 13.5. The van der Waals surface area contributed by atoms with Crippen molar-refractivity contribution in [3.05, 3.63) is 59.7 Å². The predicted octanol–water partition coefficient (Wildman–Crippen LogP) is 3.22. The highest BCUT2D eigenvalue weighted by Crippen LogP contribution is 2.32. The van der Waals surface area contributed by atoms with Gasteiger partial charge in [-0.3, -0.25) is 14.5 Å². The standard InChI is InChI=1S/C21H23N3O3S/c25-21(19-11-3-7-15-6-1-2-10-18(15)19)23-16-8-4-9-17(14-16)28(26,27)24-20-12-5-13-22-20/h1-2,4,6,8-10,14,19H,3,5,7,11-13H2,(H,22,24)(H,23,25). The zero-order valence-corrected chi connectivity index (χ0v) is 16.3. The van der Waals surface area contributed by atoms with Crippen molar-refractivity contribution in [2.24, 2.45) is 4.99 Å². The lowest BCUT2D eigenvalue weighted by atomic mass is 9.82. The van der Waals surface area contributed by atoms with Crippen LogP contribution in [0.5, 0.6) is 0 Å². The lowest BCUT2D eigenvalue weighted by Crippen LogP contribution is -2.29. The van der Waals surface area contributed by atoms with E-state index in [1.807, 2.05) is 18.2 Å². The molecule has 0 fully saturated rings. The van der Waals surface area contributed by atoms with Gasteiger partial charge in [0.15, 0.2) is 0 Å². The van der Waals surface area contributed by atoms with Crippen LogP contribution in [0, 0.1) is 0 Å². The van der Waals surface area contributed by atoms with E-state index >= 15 is 0 Å². The number of fused-ring (bicyclic) bond motifs is 1. The van der Waals surface area contributed by atoms with Crippen LogP contribution in [0.2, 0.25) is 0 Å². The summed E-state index contributed by atoms with van der Waals surface area (Å²) in [5.74, 6) is 0.180. The highest BCUT2D eigenvalue weighted by molar-refractivity contribution is 7.90. The minimum atomic E-state index is -3.71. The van der Waals surface area contributed by atoms with E-state index in [1.54, 1.807) is 12.1 Å². The molecule has 2 aromatic rings. The fraction of sp³-hybridized carbons (Fsp3) is 0.333. The summed E-state index contributed by atoms with van der Waals surface area (Å²) >= 11 is 0. The van der Waals surface area contributed by atoms with Gasteiger partial charge in [0.05, 0.1) is 10.8 Å². The SMILES string of the molecule is O=C(Nc1cccc(S(=O)(=O)NC2=NCCC2)c1)C1CCCc2ccccc21. The summed E-state index contributed by atoms with van der Waals surface area (Å²) in [6.45, 7) is 0.650. The molecular formula is C21H23N3O3S. The number of aliphatic imine (C=N–C) groups is 1. The van der Waals surface area contributed by atoms with Crippen LogP contribution in [-0.2, 0) is 21.2 Å². The number of hydrogen-bond acceptors (Lipinski definition) is 4. The van der Waals surface area contributed by atoms with Crippen molar-refractivity contribution < 1.29 is 13.2 Å². The number of sulfonamides is 1. The first-order valence-corrected chi connectivity index (χ1v) is 11.1. The summed E-state index contributed by atoms with van der Waals surface area (Å²) in [6.07, 6.45) is 4.24. The summed E-state index contributed by atoms with van der Waals surface area (Å²) in [5.41, 5.74) is 2.76. The van der Waals surface area contributed by atoms with Gasteiger partial charge in [0.1, 0.15) is 5.84 Å². The maximum absolute atomic E-state index is 12.9. The number of carbonyl (C=O) groups is 1. The molecule has 28 heavy (non-hydrogen) atoms. The predicted molar refractivity (Wildman–Crippen MR) is 109 cm³/mol. The lowest BCUT2D eigenvalue weighted by molar-refractivity contribution is -0.117. The van der Waals surface area contributed by atoms with E-state index < -0.39 is 10.0 Å². The number of hydrogen-bond donors (Lipinski definition) is 2. The number of benzene rings is 2. The molecular weight excluding hydrogens is 374 g/mol. The van der Waals surface area contributed by atoms with Gasteiger partial charge in [-0.2, -0.15) is 0 Å². The maximum Gasteiger partial charge on any atom is 0.262 e. The van der Waals surface area contributed by atoms with Crippen molar-refractivity contribution >= 4 is 27.5 Å². The second kappa shape index (κ2) is 7.75. The summed E-state index contributed by atoms with van der Waals surface area (Å²) in [7, 11) is -3.71. The molecule has 1 aliphatic heterocycles. The molecule has 6 nitrogen and oxygen atoms in total.